The van der Waals surface area contributed by atoms with Crippen molar-refractivity contribution in [1.82, 2.24) is 10.2 Å². The van der Waals surface area contributed by atoms with Crippen molar-refractivity contribution in [3.63, 3.8) is 0 Å². The summed E-state index contributed by atoms with van der Waals surface area (Å²) in [7, 11) is -0.980. The van der Waals surface area contributed by atoms with Crippen molar-refractivity contribution in [2.24, 2.45) is 11.3 Å². The third-order valence-electron chi connectivity index (χ3n) is 3.54. The fourth-order valence-electron chi connectivity index (χ4n) is 2.46. The van der Waals surface area contributed by atoms with Crippen LogP contribution in [0.15, 0.2) is 0 Å². The molecule has 0 aromatic rings. The summed E-state index contributed by atoms with van der Waals surface area (Å²) in [6, 6.07) is -0.986. The number of nitrogens with zero attached hydrogens (tertiary/aromatic N) is 1. The number of carbonyl (C=O) groups excluding carboxylic acids is 2. The molecule has 6 heteroatoms. The molecule has 0 saturated carbocycles. The Balaban J connectivity index is 3.04. The summed E-state index contributed by atoms with van der Waals surface area (Å²) in [5.74, 6) is 0.256. The smallest absolute Gasteiger partial charge is 0.246 e. The van der Waals surface area contributed by atoms with Crippen LogP contribution >= 0.6 is 0 Å². The van der Waals surface area contributed by atoms with E-state index in [1.165, 1.54) is 0 Å². The molecule has 1 N–H and O–H groups in total. The van der Waals surface area contributed by atoms with Crippen LogP contribution in [-0.4, -0.2) is 51.6 Å². The number of carbonyl (C=O) groups is 2. The van der Waals surface area contributed by atoms with Crippen LogP contribution < -0.4 is 5.32 Å². The average Bonchev–Trinajstić information content (AvgIpc) is 2.27. The molecule has 0 aromatic carbocycles. The Morgan fingerprint density at radius 2 is 1.85 bits per heavy atom. The van der Waals surface area contributed by atoms with Gasteiger partial charge in [0.15, 0.2) is 0 Å². The quantitative estimate of drug-likeness (QED) is 0.834. The minimum atomic E-state index is -0.980. The summed E-state index contributed by atoms with van der Waals surface area (Å²) in [6.07, 6.45) is 1.61. The maximum atomic E-state index is 12.7. The van der Waals surface area contributed by atoms with Gasteiger partial charge in [-0.3, -0.25) is 13.8 Å². The minimum absolute atomic E-state index is 0.0326. The monoisotopic (exact) mass is 302 g/mol. The number of nitrogens with one attached hydrogen (secondary N) is 1. The van der Waals surface area contributed by atoms with E-state index in [-0.39, 0.29) is 23.1 Å². The maximum Gasteiger partial charge on any atom is 0.246 e. The number of amides is 2. The van der Waals surface area contributed by atoms with Gasteiger partial charge >= 0.3 is 0 Å². The van der Waals surface area contributed by atoms with Crippen LogP contribution in [0.2, 0.25) is 0 Å². The van der Waals surface area contributed by atoms with Crippen molar-refractivity contribution in [1.29, 1.82) is 0 Å². The van der Waals surface area contributed by atoms with E-state index in [1.807, 2.05) is 34.6 Å². The molecular weight excluding hydrogens is 276 g/mol. The van der Waals surface area contributed by atoms with Gasteiger partial charge in [-0.15, -0.1) is 0 Å². The lowest BCUT2D eigenvalue weighted by Gasteiger charge is -2.44. The second-order valence-corrected chi connectivity index (χ2v) is 8.36. The average molecular weight is 302 g/mol. The first kappa shape index (κ1) is 17.1. The number of hydrogen-bond acceptors (Lipinski definition) is 3. The molecule has 1 rings (SSSR count). The highest BCUT2D eigenvalue weighted by Gasteiger charge is 2.45. The zero-order valence-electron chi connectivity index (χ0n) is 13.2. The number of piperazine rings is 1. The molecule has 0 spiro atoms. The SMILES string of the molecule is CC(C)C1C(=O)NC(C(C)(C)C)C(=O)N1CCS(C)=O. The van der Waals surface area contributed by atoms with E-state index in [4.69, 9.17) is 0 Å². The van der Waals surface area contributed by atoms with Crippen LogP contribution in [0.4, 0.5) is 0 Å². The van der Waals surface area contributed by atoms with Gasteiger partial charge in [-0.2, -0.15) is 0 Å². The molecule has 1 aliphatic heterocycles. The Bertz CT molecular complexity index is 415. The van der Waals surface area contributed by atoms with Gasteiger partial charge in [0.05, 0.1) is 0 Å². The molecule has 3 atom stereocenters. The summed E-state index contributed by atoms with van der Waals surface area (Å²) >= 11 is 0. The molecule has 1 saturated heterocycles. The predicted molar refractivity (Wildman–Crippen MR) is 80.7 cm³/mol. The topological polar surface area (TPSA) is 66.5 Å². The molecule has 1 heterocycles. The van der Waals surface area contributed by atoms with Gasteiger partial charge in [-0.1, -0.05) is 34.6 Å². The van der Waals surface area contributed by atoms with Crippen LogP contribution in [0, 0.1) is 11.3 Å². The van der Waals surface area contributed by atoms with E-state index in [9.17, 15) is 13.8 Å². The maximum absolute atomic E-state index is 12.7. The van der Waals surface area contributed by atoms with Gasteiger partial charge in [0.2, 0.25) is 11.8 Å². The molecule has 3 unspecified atom stereocenters. The van der Waals surface area contributed by atoms with E-state index in [2.05, 4.69) is 5.32 Å². The number of rotatable bonds is 4. The van der Waals surface area contributed by atoms with E-state index in [0.717, 1.165) is 0 Å². The zero-order valence-corrected chi connectivity index (χ0v) is 14.0. The number of hydrogen-bond donors (Lipinski definition) is 1. The fourth-order valence-corrected chi connectivity index (χ4v) is 2.91. The van der Waals surface area contributed by atoms with E-state index < -0.39 is 22.9 Å². The standard InChI is InChI=1S/C14H26N2O3S/c1-9(2)10-12(17)15-11(14(3,4)5)13(18)16(10)7-8-20(6)19/h9-11H,7-8H2,1-6H3,(H,15,17). The lowest BCUT2D eigenvalue weighted by molar-refractivity contribution is -0.153. The molecule has 2 amide bonds. The lowest BCUT2D eigenvalue weighted by Crippen LogP contribution is -2.68. The van der Waals surface area contributed by atoms with Crippen LogP contribution in [0.1, 0.15) is 34.6 Å². The van der Waals surface area contributed by atoms with Crippen LogP contribution in [0.3, 0.4) is 0 Å². The van der Waals surface area contributed by atoms with Gasteiger partial charge in [-0.25, -0.2) is 0 Å². The van der Waals surface area contributed by atoms with Crippen molar-refractivity contribution in [3.05, 3.63) is 0 Å². The van der Waals surface area contributed by atoms with Gasteiger partial charge in [0, 0.05) is 29.4 Å². The first-order valence-corrected chi connectivity index (χ1v) is 8.69. The van der Waals surface area contributed by atoms with Crippen molar-refractivity contribution >= 4 is 22.6 Å². The Morgan fingerprint density at radius 1 is 1.30 bits per heavy atom. The highest BCUT2D eigenvalue weighted by Crippen LogP contribution is 2.27. The van der Waals surface area contributed by atoms with Gasteiger partial charge in [0.1, 0.15) is 12.1 Å². The summed E-state index contributed by atoms with van der Waals surface area (Å²) in [5.41, 5.74) is -0.335. The largest absolute Gasteiger partial charge is 0.342 e. The summed E-state index contributed by atoms with van der Waals surface area (Å²) < 4.78 is 11.3. The first-order valence-electron chi connectivity index (χ1n) is 6.96. The molecule has 1 fully saturated rings. The molecule has 0 radical (unpaired) electrons. The molecular formula is C14H26N2O3S. The lowest BCUT2D eigenvalue weighted by atomic mass is 9.83. The van der Waals surface area contributed by atoms with Crippen LogP contribution in [-0.2, 0) is 20.4 Å². The highest BCUT2D eigenvalue weighted by molar-refractivity contribution is 7.84. The molecule has 0 bridgehead atoms. The summed E-state index contributed by atoms with van der Waals surface area (Å²) in [4.78, 5) is 26.6. The predicted octanol–water partition coefficient (Wildman–Crippen LogP) is 0.763. The third kappa shape index (κ3) is 3.81. The first-order chi connectivity index (χ1) is 9.05. The van der Waals surface area contributed by atoms with E-state index in [1.54, 1.807) is 11.2 Å². The molecule has 116 valence electrons. The van der Waals surface area contributed by atoms with Crippen molar-refractivity contribution in [3.8, 4) is 0 Å². The van der Waals surface area contributed by atoms with E-state index in [0.29, 0.717) is 12.3 Å². The van der Waals surface area contributed by atoms with Gasteiger partial charge in [-0.05, 0) is 11.3 Å². The van der Waals surface area contributed by atoms with E-state index >= 15 is 0 Å². The second-order valence-electron chi connectivity index (χ2n) is 6.81. The zero-order chi connectivity index (χ0) is 15.7. The molecule has 20 heavy (non-hydrogen) atoms. The summed E-state index contributed by atoms with van der Waals surface area (Å²) in [5, 5.41) is 2.85. The second kappa shape index (κ2) is 6.24. The Hall–Kier alpha value is -0.910. The Kier molecular flexibility index (Phi) is 5.35. The van der Waals surface area contributed by atoms with Crippen LogP contribution in [0.25, 0.3) is 0 Å². The summed E-state index contributed by atoms with van der Waals surface area (Å²) in [6.45, 7) is 10.0. The molecule has 5 nitrogen and oxygen atoms in total. The minimum Gasteiger partial charge on any atom is -0.342 e. The van der Waals surface area contributed by atoms with Gasteiger partial charge < -0.3 is 10.2 Å². The third-order valence-corrected chi connectivity index (χ3v) is 4.30. The van der Waals surface area contributed by atoms with Crippen molar-refractivity contribution in [2.75, 3.05) is 18.6 Å². The fraction of sp³-hybridized carbons (Fsp3) is 0.857. The Labute approximate surface area is 123 Å². The normalized spacial score (nSPS) is 25.9. The van der Waals surface area contributed by atoms with Gasteiger partial charge in [0.25, 0.3) is 0 Å². The van der Waals surface area contributed by atoms with Crippen molar-refractivity contribution < 1.29 is 13.8 Å². The molecule has 0 aliphatic carbocycles. The highest BCUT2D eigenvalue weighted by atomic mass is 32.2. The molecule has 1 aliphatic rings. The van der Waals surface area contributed by atoms with Crippen LogP contribution in [0.5, 0.6) is 0 Å². The van der Waals surface area contributed by atoms with Crippen molar-refractivity contribution in [2.45, 2.75) is 46.7 Å². The Morgan fingerprint density at radius 3 is 2.25 bits per heavy atom. The molecule has 0 aromatic heterocycles.